The summed E-state index contributed by atoms with van der Waals surface area (Å²) in [7, 11) is 0. The molecule has 0 saturated carbocycles. The molecule has 0 aromatic carbocycles. The van der Waals surface area contributed by atoms with Crippen LogP contribution < -0.4 is 10.6 Å². The molecule has 0 aliphatic carbocycles. The molecular formula is C10H20N2O. The summed E-state index contributed by atoms with van der Waals surface area (Å²) in [5, 5.41) is 6.24. The molecule has 1 atom stereocenters. The first-order chi connectivity index (χ1) is 6.33. The highest BCUT2D eigenvalue weighted by molar-refractivity contribution is 5.75. The van der Waals surface area contributed by atoms with Gasteiger partial charge in [0, 0.05) is 13.0 Å². The molecule has 0 aromatic heterocycles. The maximum Gasteiger partial charge on any atom is 0.219 e. The molecule has 1 amide bonds. The highest BCUT2D eigenvalue weighted by Crippen LogP contribution is 2.13. The Kier molecular flexibility index (Phi) is 4.83. The minimum absolute atomic E-state index is 0.171. The van der Waals surface area contributed by atoms with Crippen LogP contribution in [-0.4, -0.2) is 25.5 Å². The second-order valence-electron chi connectivity index (χ2n) is 3.70. The number of hydrogen-bond acceptors (Lipinski definition) is 2. The normalized spacial score (nSPS) is 21.8. The van der Waals surface area contributed by atoms with E-state index in [4.69, 9.17) is 0 Å². The fourth-order valence-corrected chi connectivity index (χ4v) is 1.70. The number of nitrogens with one attached hydrogen (secondary N) is 2. The maximum absolute atomic E-state index is 10.9. The molecule has 1 aliphatic rings. The van der Waals surface area contributed by atoms with Gasteiger partial charge in [0.05, 0.1) is 0 Å². The van der Waals surface area contributed by atoms with E-state index in [9.17, 15) is 4.79 Å². The van der Waals surface area contributed by atoms with Gasteiger partial charge in [0.15, 0.2) is 0 Å². The molecule has 1 aliphatic heterocycles. The van der Waals surface area contributed by atoms with E-state index in [-0.39, 0.29) is 5.91 Å². The lowest BCUT2D eigenvalue weighted by molar-refractivity contribution is -0.120. The topological polar surface area (TPSA) is 41.1 Å². The van der Waals surface area contributed by atoms with Gasteiger partial charge < -0.3 is 10.6 Å². The summed E-state index contributed by atoms with van der Waals surface area (Å²) in [4.78, 5) is 10.9. The highest BCUT2D eigenvalue weighted by Gasteiger charge is 2.13. The first-order valence-electron chi connectivity index (χ1n) is 5.30. The lowest BCUT2D eigenvalue weighted by atomic mass is 10.0. The summed E-state index contributed by atoms with van der Waals surface area (Å²) in [6.45, 7) is 5.08. The number of amides is 1. The van der Waals surface area contributed by atoms with E-state index in [0.29, 0.717) is 6.42 Å². The number of hydrogen-bond donors (Lipinski definition) is 2. The fourth-order valence-electron chi connectivity index (χ4n) is 1.70. The standard InChI is InChI=1S/C10H20N2O/c1-2-10(13)12-6-3-4-9-5-7-11-8-9/h9,11H,2-8H2,1H3,(H,12,13). The lowest BCUT2D eigenvalue weighted by Crippen LogP contribution is -2.23. The Balaban J connectivity index is 1.91. The Morgan fingerprint density at radius 2 is 2.46 bits per heavy atom. The van der Waals surface area contributed by atoms with Crippen molar-refractivity contribution >= 4 is 5.91 Å². The minimum Gasteiger partial charge on any atom is -0.356 e. The van der Waals surface area contributed by atoms with Gasteiger partial charge in [-0.05, 0) is 38.3 Å². The minimum atomic E-state index is 0.171. The van der Waals surface area contributed by atoms with E-state index in [1.54, 1.807) is 0 Å². The zero-order chi connectivity index (χ0) is 9.52. The Morgan fingerprint density at radius 1 is 1.62 bits per heavy atom. The van der Waals surface area contributed by atoms with Gasteiger partial charge in [-0.1, -0.05) is 6.92 Å². The van der Waals surface area contributed by atoms with E-state index < -0.39 is 0 Å². The van der Waals surface area contributed by atoms with Crippen molar-refractivity contribution in [3.63, 3.8) is 0 Å². The van der Waals surface area contributed by atoms with Crippen LogP contribution in [0.25, 0.3) is 0 Å². The summed E-state index contributed by atoms with van der Waals surface area (Å²) in [5.74, 6) is 1.02. The molecule has 13 heavy (non-hydrogen) atoms. The van der Waals surface area contributed by atoms with Crippen LogP contribution >= 0.6 is 0 Å². The highest BCUT2D eigenvalue weighted by atomic mass is 16.1. The van der Waals surface area contributed by atoms with E-state index in [1.807, 2.05) is 6.92 Å². The van der Waals surface area contributed by atoms with Crippen LogP contribution in [0.15, 0.2) is 0 Å². The molecule has 0 aromatic rings. The molecule has 2 N–H and O–H groups in total. The third-order valence-electron chi connectivity index (χ3n) is 2.59. The number of carbonyl (C=O) groups excluding carboxylic acids is 1. The van der Waals surface area contributed by atoms with E-state index in [0.717, 1.165) is 18.9 Å². The predicted octanol–water partition coefficient (Wildman–Crippen LogP) is 0.902. The second-order valence-corrected chi connectivity index (χ2v) is 3.70. The lowest BCUT2D eigenvalue weighted by Gasteiger charge is -2.07. The average Bonchev–Trinajstić information content (AvgIpc) is 2.64. The van der Waals surface area contributed by atoms with Crippen LogP contribution in [0.4, 0.5) is 0 Å². The molecule has 76 valence electrons. The zero-order valence-electron chi connectivity index (χ0n) is 8.44. The van der Waals surface area contributed by atoms with Crippen LogP contribution in [0, 0.1) is 5.92 Å². The number of carbonyl (C=O) groups is 1. The van der Waals surface area contributed by atoms with Gasteiger partial charge in [-0.15, -0.1) is 0 Å². The molecule has 3 heteroatoms. The monoisotopic (exact) mass is 184 g/mol. The van der Waals surface area contributed by atoms with Crippen molar-refractivity contribution in [2.24, 2.45) is 5.92 Å². The van der Waals surface area contributed by atoms with Crippen molar-refractivity contribution in [1.29, 1.82) is 0 Å². The van der Waals surface area contributed by atoms with Gasteiger partial charge in [-0.3, -0.25) is 4.79 Å². The summed E-state index contributed by atoms with van der Waals surface area (Å²) in [5.41, 5.74) is 0. The fraction of sp³-hybridized carbons (Fsp3) is 0.900. The van der Waals surface area contributed by atoms with Gasteiger partial charge in [-0.25, -0.2) is 0 Å². The molecule has 1 rings (SSSR count). The summed E-state index contributed by atoms with van der Waals surface area (Å²) < 4.78 is 0. The molecular weight excluding hydrogens is 164 g/mol. The second kappa shape index (κ2) is 5.97. The van der Waals surface area contributed by atoms with Gasteiger partial charge >= 0.3 is 0 Å². The van der Waals surface area contributed by atoms with Crippen LogP contribution in [-0.2, 0) is 4.79 Å². The SMILES string of the molecule is CCC(=O)NCCCC1CCNC1. The molecule has 0 spiro atoms. The molecule has 1 heterocycles. The van der Waals surface area contributed by atoms with Crippen molar-refractivity contribution in [3.8, 4) is 0 Å². The third-order valence-corrected chi connectivity index (χ3v) is 2.59. The molecule has 1 saturated heterocycles. The number of rotatable bonds is 5. The van der Waals surface area contributed by atoms with Gasteiger partial charge in [0.1, 0.15) is 0 Å². The Morgan fingerprint density at radius 3 is 3.08 bits per heavy atom. The van der Waals surface area contributed by atoms with Crippen LogP contribution in [0.2, 0.25) is 0 Å². The molecule has 0 bridgehead atoms. The molecule has 1 fully saturated rings. The van der Waals surface area contributed by atoms with Crippen molar-refractivity contribution in [2.45, 2.75) is 32.6 Å². The Bertz CT molecular complexity index is 153. The largest absolute Gasteiger partial charge is 0.356 e. The van der Waals surface area contributed by atoms with Crippen molar-refractivity contribution in [1.82, 2.24) is 10.6 Å². The average molecular weight is 184 g/mol. The van der Waals surface area contributed by atoms with Crippen molar-refractivity contribution in [3.05, 3.63) is 0 Å². The van der Waals surface area contributed by atoms with Gasteiger partial charge in [0.2, 0.25) is 5.91 Å². The molecule has 1 unspecified atom stereocenters. The zero-order valence-corrected chi connectivity index (χ0v) is 8.44. The third kappa shape index (κ3) is 4.27. The van der Waals surface area contributed by atoms with Crippen LogP contribution in [0.1, 0.15) is 32.6 Å². The van der Waals surface area contributed by atoms with Crippen molar-refractivity contribution in [2.75, 3.05) is 19.6 Å². The van der Waals surface area contributed by atoms with Crippen molar-refractivity contribution < 1.29 is 4.79 Å². The Labute approximate surface area is 80.3 Å². The first-order valence-corrected chi connectivity index (χ1v) is 5.30. The molecule has 0 radical (unpaired) electrons. The Hall–Kier alpha value is -0.570. The van der Waals surface area contributed by atoms with Gasteiger partial charge in [0.25, 0.3) is 0 Å². The van der Waals surface area contributed by atoms with E-state index in [1.165, 1.54) is 25.9 Å². The maximum atomic E-state index is 10.9. The summed E-state index contributed by atoms with van der Waals surface area (Å²) >= 11 is 0. The summed E-state index contributed by atoms with van der Waals surface area (Å²) in [6, 6.07) is 0. The van der Waals surface area contributed by atoms with E-state index in [2.05, 4.69) is 10.6 Å². The van der Waals surface area contributed by atoms with E-state index >= 15 is 0 Å². The molecule has 3 nitrogen and oxygen atoms in total. The van der Waals surface area contributed by atoms with Gasteiger partial charge in [-0.2, -0.15) is 0 Å². The van der Waals surface area contributed by atoms with Crippen LogP contribution in [0.3, 0.4) is 0 Å². The first kappa shape index (κ1) is 10.5. The predicted molar refractivity (Wildman–Crippen MR) is 53.5 cm³/mol. The summed E-state index contributed by atoms with van der Waals surface area (Å²) in [6.07, 6.45) is 4.28. The quantitative estimate of drug-likeness (QED) is 0.623. The van der Waals surface area contributed by atoms with Crippen LogP contribution in [0.5, 0.6) is 0 Å². The smallest absolute Gasteiger partial charge is 0.219 e.